The van der Waals surface area contributed by atoms with Crippen LogP contribution in [0.15, 0.2) is 0 Å². The Morgan fingerprint density at radius 1 is 0.857 bits per heavy atom. The SMILES string of the molecule is [C-]#N.[C-]#N.[Cu+2].[KH].[NaH]. The first-order chi connectivity index (χ1) is 2.00. The van der Waals surface area contributed by atoms with Crippen LogP contribution in [-0.4, -0.2) is 80.9 Å². The molecule has 0 rings (SSSR count). The molecule has 1 radical (unpaired) electrons. The molecule has 0 spiro atoms. The van der Waals surface area contributed by atoms with E-state index in [4.69, 9.17) is 23.7 Å². The van der Waals surface area contributed by atoms with Gasteiger partial charge in [0.1, 0.15) is 0 Å². The zero-order valence-electron chi connectivity index (χ0n) is 2.20. The molecule has 7 heavy (non-hydrogen) atoms. The molecule has 0 unspecified atom stereocenters. The van der Waals surface area contributed by atoms with E-state index in [9.17, 15) is 0 Å². The van der Waals surface area contributed by atoms with Crippen molar-refractivity contribution in [3.05, 3.63) is 13.1 Å². The molecule has 0 bridgehead atoms. The van der Waals surface area contributed by atoms with Crippen molar-refractivity contribution >= 4 is 80.9 Å². The fraction of sp³-hybridized carbons (Fsp3) is 0. The summed E-state index contributed by atoms with van der Waals surface area (Å²) in [6.07, 6.45) is 0. The van der Waals surface area contributed by atoms with Gasteiger partial charge in [0, 0.05) is 0 Å². The van der Waals surface area contributed by atoms with Crippen LogP contribution in [0.25, 0.3) is 0 Å². The molecule has 0 heterocycles. The molecule has 5 heteroatoms. The zero-order chi connectivity index (χ0) is 4.00. The van der Waals surface area contributed by atoms with Crippen molar-refractivity contribution in [2.45, 2.75) is 0 Å². The summed E-state index contributed by atoms with van der Waals surface area (Å²) in [5.41, 5.74) is 0. The van der Waals surface area contributed by atoms with Crippen molar-refractivity contribution in [3.63, 3.8) is 0 Å². The van der Waals surface area contributed by atoms with Crippen LogP contribution in [0, 0.1) is 23.7 Å². The molecular weight excluding hydrogens is 178 g/mol. The van der Waals surface area contributed by atoms with Crippen LogP contribution >= 0.6 is 0 Å². The first-order valence-corrected chi connectivity index (χ1v) is 0.447. The average molecular weight is 180 g/mol. The number of hydrogen-bond donors (Lipinski definition) is 0. The molecule has 0 atom stereocenters. The molecule has 0 N–H and O–H groups in total. The minimum absolute atomic E-state index is 0. The van der Waals surface area contributed by atoms with Gasteiger partial charge in [-0.3, -0.25) is 0 Å². The molecule has 0 aromatic carbocycles. The summed E-state index contributed by atoms with van der Waals surface area (Å²) in [6, 6.07) is 0. The van der Waals surface area contributed by atoms with Gasteiger partial charge in [0.15, 0.2) is 0 Å². The summed E-state index contributed by atoms with van der Waals surface area (Å²) in [7, 11) is 0. The van der Waals surface area contributed by atoms with Crippen molar-refractivity contribution in [2.75, 3.05) is 0 Å². The Balaban J connectivity index is -0.00000000267. The molecule has 0 aliphatic carbocycles. The predicted octanol–water partition coefficient (Wildman–Crippen LogP) is -1.11. The van der Waals surface area contributed by atoms with Crippen molar-refractivity contribution in [1.29, 1.82) is 10.5 Å². The van der Waals surface area contributed by atoms with Crippen LogP contribution in [0.1, 0.15) is 0 Å². The molecular formula is C2H2CuKN2Na. The van der Waals surface area contributed by atoms with Crippen molar-refractivity contribution < 1.29 is 17.1 Å². The second-order valence-corrected chi connectivity index (χ2v) is 0. The predicted molar refractivity (Wildman–Crippen MR) is 24.2 cm³/mol. The third-order valence-corrected chi connectivity index (χ3v) is 0. The summed E-state index contributed by atoms with van der Waals surface area (Å²) in [4.78, 5) is 0. The Hall–Kier alpha value is 2.14. The van der Waals surface area contributed by atoms with E-state index in [0.29, 0.717) is 0 Å². The van der Waals surface area contributed by atoms with Crippen LogP contribution in [0.3, 0.4) is 0 Å². The minimum atomic E-state index is 0. The maximum absolute atomic E-state index is 6.25. The second-order valence-electron chi connectivity index (χ2n) is 0. The average Bonchev–Trinajstić information content (AvgIpc) is 1.50. The Bertz CT molecular complexity index is 31.2. The van der Waals surface area contributed by atoms with Gasteiger partial charge in [-0.05, 0) is 0 Å². The third-order valence-electron chi connectivity index (χ3n) is 0. The summed E-state index contributed by atoms with van der Waals surface area (Å²) in [6.45, 7) is 9.50. The molecule has 0 aromatic rings. The van der Waals surface area contributed by atoms with E-state index in [-0.39, 0.29) is 98.0 Å². The van der Waals surface area contributed by atoms with E-state index in [0.717, 1.165) is 0 Å². The molecule has 33 valence electrons. The van der Waals surface area contributed by atoms with E-state index in [2.05, 4.69) is 0 Å². The van der Waals surface area contributed by atoms with Gasteiger partial charge in [-0.1, -0.05) is 0 Å². The van der Waals surface area contributed by atoms with E-state index in [1.54, 1.807) is 0 Å². The van der Waals surface area contributed by atoms with Crippen LogP contribution in [0.5, 0.6) is 0 Å². The maximum atomic E-state index is 6.25. The molecule has 2 nitrogen and oxygen atoms in total. The van der Waals surface area contributed by atoms with Gasteiger partial charge in [-0.2, -0.15) is 0 Å². The first-order valence-electron chi connectivity index (χ1n) is 0.447. The van der Waals surface area contributed by atoms with Gasteiger partial charge in [0.25, 0.3) is 0 Å². The van der Waals surface area contributed by atoms with Crippen molar-refractivity contribution in [1.82, 2.24) is 0 Å². The van der Waals surface area contributed by atoms with Crippen molar-refractivity contribution in [2.24, 2.45) is 0 Å². The molecule has 0 fully saturated rings. The Morgan fingerprint density at radius 2 is 0.857 bits per heavy atom. The van der Waals surface area contributed by atoms with Gasteiger partial charge in [-0.15, -0.1) is 0 Å². The Morgan fingerprint density at radius 3 is 0.857 bits per heavy atom. The van der Waals surface area contributed by atoms with Gasteiger partial charge in [-0.25, -0.2) is 0 Å². The fourth-order valence-electron chi connectivity index (χ4n) is 0. The number of nitrogens with zero attached hydrogens (tertiary/aromatic N) is 2. The Labute approximate surface area is 119 Å². The van der Waals surface area contributed by atoms with Gasteiger partial charge in [0.2, 0.25) is 0 Å². The quantitative estimate of drug-likeness (QED) is 0.350. The van der Waals surface area contributed by atoms with Crippen LogP contribution in [0.4, 0.5) is 0 Å². The first kappa shape index (κ1) is 35.4. The number of rotatable bonds is 0. The van der Waals surface area contributed by atoms with Crippen molar-refractivity contribution in [3.8, 4) is 0 Å². The molecule has 0 saturated carbocycles. The molecule has 0 aliphatic rings. The summed E-state index contributed by atoms with van der Waals surface area (Å²) in [5, 5.41) is 12.5. The normalized spacial score (nSPS) is 0.571. The molecule has 0 saturated heterocycles. The summed E-state index contributed by atoms with van der Waals surface area (Å²) >= 11 is 0. The van der Waals surface area contributed by atoms with Gasteiger partial charge < -0.3 is 23.7 Å². The van der Waals surface area contributed by atoms with Crippen LogP contribution in [0.2, 0.25) is 0 Å². The van der Waals surface area contributed by atoms with E-state index >= 15 is 0 Å². The molecule has 0 aromatic heterocycles. The van der Waals surface area contributed by atoms with Crippen LogP contribution in [-0.2, 0) is 17.1 Å². The molecule has 0 amide bonds. The van der Waals surface area contributed by atoms with Gasteiger partial charge in [0.05, 0.1) is 0 Å². The summed E-state index contributed by atoms with van der Waals surface area (Å²) < 4.78 is 0. The fourth-order valence-corrected chi connectivity index (χ4v) is 0. The Kier molecular flexibility index (Phi) is 459. The molecule has 0 aliphatic heterocycles. The van der Waals surface area contributed by atoms with E-state index in [1.165, 1.54) is 0 Å². The van der Waals surface area contributed by atoms with E-state index < -0.39 is 0 Å². The van der Waals surface area contributed by atoms with E-state index in [1.807, 2.05) is 0 Å². The monoisotopic (exact) mass is 179 g/mol. The standard InChI is InChI=1S/2CN.Cu.K.Na.2H/c2*1-2;;;;;/q2*-1;+2;;;;. The zero-order valence-corrected chi connectivity index (χ0v) is 3.14. The topological polar surface area (TPSA) is 47.6 Å². The third kappa shape index (κ3) is 67.1. The second kappa shape index (κ2) is 90.8. The van der Waals surface area contributed by atoms with Crippen LogP contribution < -0.4 is 0 Å². The number of hydrogen-bond acceptors (Lipinski definition) is 2. The van der Waals surface area contributed by atoms with Gasteiger partial charge >= 0.3 is 98.0 Å². The summed E-state index contributed by atoms with van der Waals surface area (Å²) in [5.74, 6) is 0.